The van der Waals surface area contributed by atoms with Gasteiger partial charge in [0.1, 0.15) is 16.5 Å². The first-order chi connectivity index (χ1) is 13.7. The van der Waals surface area contributed by atoms with Crippen LogP contribution in [0, 0.1) is 11.7 Å². The van der Waals surface area contributed by atoms with E-state index in [2.05, 4.69) is 5.32 Å². The number of nitrogens with zero attached hydrogens (tertiary/aromatic N) is 1. The molecular formula is C21H25FN2O4S. The molecule has 0 atom stereocenters. The number of urea groups is 1. The standard InChI is InChI=1S/C21H25FN2O4S/c1-15(2)23-21(25)24(13-16-6-7-16)14-17-4-3-5-19(12-17)28-29(26,27)20-10-8-18(22)9-11-20/h3-5,8-12,15-16H,6-7,13-14H2,1-2H3,(H,23,25). The smallest absolute Gasteiger partial charge is 0.339 e. The summed E-state index contributed by atoms with van der Waals surface area (Å²) in [4.78, 5) is 14.1. The number of amides is 2. The molecule has 0 bridgehead atoms. The molecule has 6 nitrogen and oxygen atoms in total. The summed E-state index contributed by atoms with van der Waals surface area (Å²) < 4.78 is 43.1. The molecule has 0 spiro atoms. The van der Waals surface area contributed by atoms with Crippen LogP contribution in [0.4, 0.5) is 9.18 Å². The van der Waals surface area contributed by atoms with Crippen LogP contribution in [0.3, 0.4) is 0 Å². The Hall–Kier alpha value is -2.61. The van der Waals surface area contributed by atoms with Gasteiger partial charge < -0.3 is 14.4 Å². The number of benzene rings is 2. The predicted molar refractivity (Wildman–Crippen MR) is 107 cm³/mol. The first-order valence-corrected chi connectivity index (χ1v) is 11.0. The molecule has 156 valence electrons. The topological polar surface area (TPSA) is 75.7 Å². The molecule has 1 saturated carbocycles. The zero-order valence-electron chi connectivity index (χ0n) is 16.5. The first-order valence-electron chi connectivity index (χ1n) is 9.57. The highest BCUT2D eigenvalue weighted by Crippen LogP contribution is 2.30. The van der Waals surface area contributed by atoms with Crippen LogP contribution in [0.15, 0.2) is 53.4 Å². The third-order valence-corrected chi connectivity index (χ3v) is 5.72. The molecule has 0 radical (unpaired) electrons. The van der Waals surface area contributed by atoms with Gasteiger partial charge in [0, 0.05) is 19.1 Å². The second kappa shape index (κ2) is 8.82. The lowest BCUT2D eigenvalue weighted by Gasteiger charge is -2.24. The van der Waals surface area contributed by atoms with Gasteiger partial charge in [-0.05, 0) is 74.6 Å². The van der Waals surface area contributed by atoms with E-state index in [4.69, 9.17) is 4.18 Å². The van der Waals surface area contributed by atoms with Gasteiger partial charge in [-0.3, -0.25) is 0 Å². The van der Waals surface area contributed by atoms with Crippen LogP contribution in [0.5, 0.6) is 5.75 Å². The molecule has 0 aromatic heterocycles. The summed E-state index contributed by atoms with van der Waals surface area (Å²) in [5, 5.41) is 2.90. The van der Waals surface area contributed by atoms with E-state index in [9.17, 15) is 17.6 Å². The number of hydrogen-bond donors (Lipinski definition) is 1. The fraction of sp³-hybridized carbons (Fsp3) is 0.381. The van der Waals surface area contributed by atoms with Gasteiger partial charge in [-0.2, -0.15) is 8.42 Å². The molecule has 1 aliphatic rings. The van der Waals surface area contributed by atoms with E-state index in [1.54, 1.807) is 17.0 Å². The van der Waals surface area contributed by atoms with Crippen molar-refractivity contribution in [3.63, 3.8) is 0 Å². The van der Waals surface area contributed by atoms with Crippen molar-refractivity contribution in [1.82, 2.24) is 10.2 Å². The molecule has 0 aliphatic heterocycles. The third kappa shape index (κ3) is 6.19. The average molecular weight is 421 g/mol. The maximum Gasteiger partial charge on any atom is 0.339 e. The fourth-order valence-corrected chi connectivity index (χ4v) is 3.78. The van der Waals surface area contributed by atoms with Crippen LogP contribution in [0.1, 0.15) is 32.3 Å². The minimum atomic E-state index is -4.08. The van der Waals surface area contributed by atoms with Crippen LogP contribution >= 0.6 is 0 Å². The fourth-order valence-electron chi connectivity index (χ4n) is 2.86. The van der Waals surface area contributed by atoms with Crippen molar-refractivity contribution < 1.29 is 21.8 Å². The van der Waals surface area contributed by atoms with Crippen LogP contribution in [-0.2, 0) is 16.7 Å². The van der Waals surface area contributed by atoms with Crippen molar-refractivity contribution in [3.05, 3.63) is 59.9 Å². The van der Waals surface area contributed by atoms with Gasteiger partial charge in [0.05, 0.1) is 0 Å². The zero-order chi connectivity index (χ0) is 21.0. The minimum absolute atomic E-state index is 0.0275. The minimum Gasteiger partial charge on any atom is -0.379 e. The van der Waals surface area contributed by atoms with Gasteiger partial charge in [-0.25, -0.2) is 9.18 Å². The number of hydrogen-bond acceptors (Lipinski definition) is 4. The van der Waals surface area contributed by atoms with Gasteiger partial charge in [0.25, 0.3) is 0 Å². The van der Waals surface area contributed by atoms with E-state index >= 15 is 0 Å². The average Bonchev–Trinajstić information content (AvgIpc) is 3.45. The number of nitrogens with one attached hydrogen (secondary N) is 1. The van der Waals surface area contributed by atoms with Crippen LogP contribution in [-0.4, -0.2) is 31.9 Å². The Kier molecular flexibility index (Phi) is 6.42. The van der Waals surface area contributed by atoms with Crippen LogP contribution in [0.2, 0.25) is 0 Å². The van der Waals surface area contributed by atoms with E-state index in [0.717, 1.165) is 42.7 Å². The van der Waals surface area contributed by atoms with E-state index in [-0.39, 0.29) is 22.7 Å². The van der Waals surface area contributed by atoms with Gasteiger partial charge in [0.15, 0.2) is 0 Å². The summed E-state index contributed by atoms with van der Waals surface area (Å²) in [6, 6.07) is 11.0. The van der Waals surface area contributed by atoms with Crippen molar-refractivity contribution in [2.45, 2.75) is 44.2 Å². The number of carbonyl (C=O) groups excluding carboxylic acids is 1. The highest BCUT2D eigenvalue weighted by Gasteiger charge is 2.27. The Balaban J connectivity index is 1.73. The lowest BCUT2D eigenvalue weighted by atomic mass is 10.2. The van der Waals surface area contributed by atoms with Crippen LogP contribution < -0.4 is 9.50 Å². The molecule has 2 aromatic carbocycles. The molecule has 0 unspecified atom stereocenters. The Labute approximate surface area is 170 Å². The van der Waals surface area contributed by atoms with Gasteiger partial charge in [-0.15, -0.1) is 0 Å². The molecule has 29 heavy (non-hydrogen) atoms. The molecule has 2 amide bonds. The highest BCUT2D eigenvalue weighted by molar-refractivity contribution is 7.87. The maximum absolute atomic E-state index is 13.0. The summed E-state index contributed by atoms with van der Waals surface area (Å²) in [6.07, 6.45) is 2.23. The predicted octanol–water partition coefficient (Wildman–Crippen LogP) is 3.92. The van der Waals surface area contributed by atoms with Crippen molar-refractivity contribution >= 4 is 16.1 Å². The second-order valence-corrected chi connectivity index (χ2v) is 9.11. The molecule has 1 fully saturated rings. The number of carbonyl (C=O) groups is 1. The number of halogens is 1. The van der Waals surface area contributed by atoms with Gasteiger partial charge in [-0.1, -0.05) is 12.1 Å². The summed E-state index contributed by atoms with van der Waals surface area (Å²) in [7, 11) is -4.08. The molecule has 1 N–H and O–H groups in total. The second-order valence-electron chi connectivity index (χ2n) is 7.57. The Bertz CT molecular complexity index is 957. The number of rotatable bonds is 8. The molecule has 0 heterocycles. The molecule has 2 aromatic rings. The lowest BCUT2D eigenvalue weighted by Crippen LogP contribution is -2.43. The first kappa shape index (κ1) is 21.1. The summed E-state index contributed by atoms with van der Waals surface area (Å²) in [5.41, 5.74) is 0.761. The molecule has 8 heteroatoms. The molecule has 0 saturated heterocycles. The van der Waals surface area contributed by atoms with Crippen molar-refractivity contribution in [3.8, 4) is 5.75 Å². The van der Waals surface area contributed by atoms with Crippen LogP contribution in [0.25, 0.3) is 0 Å². The van der Waals surface area contributed by atoms with E-state index in [1.165, 1.54) is 6.07 Å². The Morgan fingerprint density at radius 3 is 2.52 bits per heavy atom. The monoisotopic (exact) mass is 420 g/mol. The summed E-state index contributed by atoms with van der Waals surface area (Å²) in [6.45, 7) is 4.82. The van der Waals surface area contributed by atoms with E-state index in [0.29, 0.717) is 19.0 Å². The highest BCUT2D eigenvalue weighted by atomic mass is 32.2. The van der Waals surface area contributed by atoms with Crippen molar-refractivity contribution in [1.29, 1.82) is 0 Å². The SMILES string of the molecule is CC(C)NC(=O)N(Cc1cccc(OS(=O)(=O)c2ccc(F)cc2)c1)CC1CC1. The zero-order valence-corrected chi connectivity index (χ0v) is 17.3. The quantitative estimate of drug-likeness (QED) is 0.657. The lowest BCUT2D eigenvalue weighted by molar-refractivity contribution is 0.190. The third-order valence-electron chi connectivity index (χ3n) is 4.46. The van der Waals surface area contributed by atoms with Crippen molar-refractivity contribution in [2.75, 3.05) is 6.54 Å². The van der Waals surface area contributed by atoms with E-state index in [1.807, 2.05) is 19.9 Å². The van der Waals surface area contributed by atoms with E-state index < -0.39 is 15.9 Å². The van der Waals surface area contributed by atoms with Gasteiger partial charge in [0.2, 0.25) is 0 Å². The summed E-state index contributed by atoms with van der Waals surface area (Å²) in [5.74, 6) is 0.134. The maximum atomic E-state index is 13.0. The molecule has 1 aliphatic carbocycles. The largest absolute Gasteiger partial charge is 0.379 e. The normalized spacial score (nSPS) is 13.9. The molecular weight excluding hydrogens is 395 g/mol. The molecule has 3 rings (SSSR count). The van der Waals surface area contributed by atoms with Crippen molar-refractivity contribution in [2.24, 2.45) is 5.92 Å². The Morgan fingerprint density at radius 1 is 1.21 bits per heavy atom. The van der Waals surface area contributed by atoms with Gasteiger partial charge >= 0.3 is 16.1 Å². The summed E-state index contributed by atoms with van der Waals surface area (Å²) >= 11 is 0. The Morgan fingerprint density at radius 2 is 1.90 bits per heavy atom.